The molecule has 2 aliphatic rings. The van der Waals surface area contributed by atoms with E-state index in [0.29, 0.717) is 6.42 Å². The number of rotatable bonds is 10. The molecule has 1 unspecified atom stereocenters. The number of benzene rings is 3. The van der Waals surface area contributed by atoms with Gasteiger partial charge >= 0.3 is 5.97 Å². The molecule has 6 heteroatoms. The average molecular weight is 622 g/mol. The summed E-state index contributed by atoms with van der Waals surface area (Å²) in [5.41, 5.74) is 1.47. The summed E-state index contributed by atoms with van der Waals surface area (Å²) in [6.45, 7) is 6.11. The smallest absolute Gasteiger partial charge is 0.313 e. The van der Waals surface area contributed by atoms with Crippen LogP contribution in [0.25, 0.3) is 0 Å². The van der Waals surface area contributed by atoms with Crippen molar-refractivity contribution in [3.8, 4) is 0 Å². The van der Waals surface area contributed by atoms with Gasteiger partial charge in [0.2, 0.25) is 0 Å². The number of halogens is 1. The van der Waals surface area contributed by atoms with Crippen molar-refractivity contribution in [3.05, 3.63) is 107 Å². The van der Waals surface area contributed by atoms with Crippen LogP contribution in [0.2, 0.25) is 0 Å². The largest absolute Gasteiger partial charge is 0.481 e. The normalized spacial score (nSPS) is 17.1. The molecule has 1 heterocycles. The van der Waals surface area contributed by atoms with E-state index in [1.165, 1.54) is 38.5 Å². The Morgan fingerprint density at radius 3 is 1.66 bits per heavy atom. The Morgan fingerprint density at radius 1 is 0.773 bits per heavy atom. The minimum absolute atomic E-state index is 0. The highest BCUT2D eigenvalue weighted by Crippen LogP contribution is 2.42. The Balaban J connectivity index is 0.000000675. The number of hydrogen-bond donors (Lipinski definition) is 3. The number of piperidine rings is 1. The van der Waals surface area contributed by atoms with E-state index in [1.54, 1.807) is 26.0 Å². The predicted octanol–water partition coefficient (Wildman–Crippen LogP) is 8.27. The fourth-order valence-corrected chi connectivity index (χ4v) is 6.58. The maximum absolute atomic E-state index is 12.1. The van der Waals surface area contributed by atoms with Gasteiger partial charge in [0, 0.05) is 0 Å². The molecule has 240 valence electrons. The molecule has 3 N–H and O–H groups in total. The zero-order valence-corrected chi connectivity index (χ0v) is 27.4. The van der Waals surface area contributed by atoms with Crippen LogP contribution >= 0.6 is 12.4 Å². The molecule has 1 aliphatic heterocycles. The number of aliphatic carboxylic acids is 1. The van der Waals surface area contributed by atoms with E-state index in [9.17, 15) is 20.1 Å². The minimum Gasteiger partial charge on any atom is -0.481 e. The molecule has 0 aromatic heterocycles. The number of carboxylic acid groups (broad SMARTS) is 1. The highest BCUT2D eigenvalue weighted by molar-refractivity contribution is 5.85. The molecule has 0 bridgehead atoms. The number of hydrogen-bond acceptors (Lipinski definition) is 4. The van der Waals surface area contributed by atoms with E-state index in [0.717, 1.165) is 61.2 Å². The lowest BCUT2D eigenvalue weighted by Crippen LogP contribution is -2.44. The molecule has 5 rings (SSSR count). The van der Waals surface area contributed by atoms with Gasteiger partial charge in [-0.3, -0.25) is 4.79 Å². The monoisotopic (exact) mass is 621 g/mol. The molecule has 1 atom stereocenters. The van der Waals surface area contributed by atoms with E-state index in [2.05, 4.69) is 4.90 Å². The molecule has 3 aromatic carbocycles. The number of nitrogens with zero attached hydrogens (tertiary/aromatic N) is 1. The van der Waals surface area contributed by atoms with Gasteiger partial charge in [-0.05, 0) is 87.3 Å². The van der Waals surface area contributed by atoms with E-state index < -0.39 is 23.1 Å². The molecule has 0 radical (unpaired) electrons. The SMILES string of the molecule is C1CCCCC1.CC(C)(C(=O)O)c1ccc(C(O)CCCN2CCC(C(O)(c3ccccc3)c3ccccc3)CC2)cc1.Cl. The Kier molecular flexibility index (Phi) is 13.9. The van der Waals surface area contributed by atoms with Crippen molar-refractivity contribution in [3.63, 3.8) is 0 Å². The molecule has 0 spiro atoms. The molecule has 1 aliphatic carbocycles. The van der Waals surface area contributed by atoms with Gasteiger partial charge in [0.05, 0.1) is 11.5 Å². The number of aliphatic hydroxyl groups is 2. The van der Waals surface area contributed by atoms with Gasteiger partial charge in [0.15, 0.2) is 0 Å². The van der Waals surface area contributed by atoms with Crippen LogP contribution < -0.4 is 0 Å². The van der Waals surface area contributed by atoms with Crippen LogP contribution in [0, 0.1) is 5.92 Å². The first-order valence-electron chi connectivity index (χ1n) is 16.3. The summed E-state index contributed by atoms with van der Waals surface area (Å²) in [6, 6.07) is 27.3. The summed E-state index contributed by atoms with van der Waals surface area (Å²) in [7, 11) is 0. The van der Waals surface area contributed by atoms with Crippen molar-refractivity contribution in [2.45, 2.75) is 95.2 Å². The van der Waals surface area contributed by atoms with Crippen LogP contribution in [-0.4, -0.2) is 45.8 Å². The van der Waals surface area contributed by atoms with Crippen LogP contribution in [-0.2, 0) is 15.8 Å². The maximum atomic E-state index is 12.1. The van der Waals surface area contributed by atoms with Crippen molar-refractivity contribution < 1.29 is 20.1 Å². The third-order valence-electron chi connectivity index (χ3n) is 9.61. The van der Waals surface area contributed by atoms with Gasteiger partial charge in [-0.1, -0.05) is 123 Å². The molecule has 1 saturated carbocycles. The molecule has 0 amide bonds. The van der Waals surface area contributed by atoms with E-state index in [4.69, 9.17) is 0 Å². The summed E-state index contributed by atoms with van der Waals surface area (Å²) in [6.07, 6.45) is 11.8. The van der Waals surface area contributed by atoms with Crippen molar-refractivity contribution in [1.29, 1.82) is 0 Å². The quantitative estimate of drug-likeness (QED) is 0.212. The first-order valence-corrected chi connectivity index (χ1v) is 16.3. The zero-order chi connectivity index (χ0) is 30.7. The van der Waals surface area contributed by atoms with Gasteiger partial charge < -0.3 is 20.2 Å². The van der Waals surface area contributed by atoms with Gasteiger partial charge in [-0.2, -0.15) is 0 Å². The minimum atomic E-state index is -1.01. The van der Waals surface area contributed by atoms with Crippen molar-refractivity contribution in [2.75, 3.05) is 19.6 Å². The van der Waals surface area contributed by atoms with Gasteiger partial charge in [0.25, 0.3) is 0 Å². The lowest BCUT2D eigenvalue weighted by molar-refractivity contribution is -0.142. The fraction of sp³-hybridized carbons (Fsp3) is 0.500. The van der Waals surface area contributed by atoms with Gasteiger partial charge in [-0.25, -0.2) is 0 Å². The number of carboxylic acids is 1. The Bertz CT molecular complexity index is 1190. The lowest BCUT2D eigenvalue weighted by atomic mass is 9.72. The number of likely N-dealkylation sites (tertiary alicyclic amines) is 1. The van der Waals surface area contributed by atoms with Crippen molar-refractivity contribution in [1.82, 2.24) is 4.90 Å². The third-order valence-corrected chi connectivity index (χ3v) is 9.61. The standard InChI is InChI=1S/C32H39NO4.C6H12.ClH/c1-31(2,30(35)36)25-17-15-24(16-18-25)29(34)14-9-21-33-22-19-28(20-23-33)32(37,26-10-5-3-6-11-26)27-12-7-4-8-13-27;1-2-4-6-5-3-1;/h3-8,10-13,15-18,28-29,34,37H,9,14,19-23H2,1-2H3,(H,35,36);1-6H2;1H. The molecule has 1 saturated heterocycles. The molecule has 5 nitrogen and oxygen atoms in total. The summed E-state index contributed by atoms with van der Waals surface area (Å²) in [4.78, 5) is 13.9. The predicted molar refractivity (Wildman–Crippen MR) is 181 cm³/mol. The van der Waals surface area contributed by atoms with E-state index in [1.807, 2.05) is 72.8 Å². The summed E-state index contributed by atoms with van der Waals surface area (Å²) in [5, 5.41) is 32.2. The molecule has 44 heavy (non-hydrogen) atoms. The van der Waals surface area contributed by atoms with E-state index >= 15 is 0 Å². The first kappa shape index (κ1) is 35.8. The Hall–Kier alpha value is -2.70. The van der Waals surface area contributed by atoms with Crippen LogP contribution in [0.5, 0.6) is 0 Å². The first-order chi connectivity index (χ1) is 20.7. The highest BCUT2D eigenvalue weighted by atomic mass is 35.5. The number of carbonyl (C=O) groups is 1. The summed E-state index contributed by atoms with van der Waals surface area (Å²) >= 11 is 0. The number of aliphatic hydroxyl groups excluding tert-OH is 1. The summed E-state index contributed by atoms with van der Waals surface area (Å²) < 4.78 is 0. The third kappa shape index (κ3) is 9.17. The topological polar surface area (TPSA) is 81.0 Å². The second-order valence-electron chi connectivity index (χ2n) is 12.9. The fourth-order valence-electron chi connectivity index (χ4n) is 6.58. The van der Waals surface area contributed by atoms with Crippen LogP contribution in [0.4, 0.5) is 0 Å². The van der Waals surface area contributed by atoms with Gasteiger partial charge in [0.1, 0.15) is 5.60 Å². The van der Waals surface area contributed by atoms with Crippen molar-refractivity contribution in [2.24, 2.45) is 5.92 Å². The lowest BCUT2D eigenvalue weighted by Gasteiger charge is -2.42. The van der Waals surface area contributed by atoms with Gasteiger partial charge in [-0.15, -0.1) is 12.4 Å². The van der Waals surface area contributed by atoms with Crippen molar-refractivity contribution >= 4 is 18.4 Å². The molecular weight excluding hydrogens is 570 g/mol. The second kappa shape index (κ2) is 17.1. The second-order valence-corrected chi connectivity index (χ2v) is 12.9. The Labute approximate surface area is 270 Å². The van der Waals surface area contributed by atoms with Crippen LogP contribution in [0.3, 0.4) is 0 Å². The zero-order valence-electron chi connectivity index (χ0n) is 26.5. The molecule has 2 fully saturated rings. The Morgan fingerprint density at radius 2 is 1.23 bits per heavy atom. The van der Waals surface area contributed by atoms with Crippen LogP contribution in [0.1, 0.15) is 106 Å². The highest BCUT2D eigenvalue weighted by Gasteiger charge is 2.41. The van der Waals surface area contributed by atoms with E-state index in [-0.39, 0.29) is 18.3 Å². The molecule has 3 aromatic rings. The maximum Gasteiger partial charge on any atom is 0.313 e. The van der Waals surface area contributed by atoms with Crippen LogP contribution in [0.15, 0.2) is 84.9 Å². The molecular formula is C38H52ClNO4. The summed E-state index contributed by atoms with van der Waals surface area (Å²) in [5.74, 6) is -0.733. The average Bonchev–Trinajstić information content (AvgIpc) is 3.06.